The Bertz CT molecular complexity index is 1300. The second-order valence-corrected chi connectivity index (χ2v) is 8.02. The molecule has 0 saturated heterocycles. The van der Waals surface area contributed by atoms with Crippen molar-refractivity contribution in [3.63, 3.8) is 0 Å². The van der Waals surface area contributed by atoms with Crippen LogP contribution < -0.4 is 15.6 Å². The average Bonchev–Trinajstić information content (AvgIpc) is 3.08. The van der Waals surface area contributed by atoms with E-state index in [4.69, 9.17) is 16.3 Å². The van der Waals surface area contributed by atoms with Gasteiger partial charge in [0, 0.05) is 11.6 Å². The molecule has 0 aliphatic carbocycles. The Balaban J connectivity index is 1.69. The highest BCUT2D eigenvalue weighted by Gasteiger charge is 2.20. The van der Waals surface area contributed by atoms with Crippen LogP contribution in [-0.4, -0.2) is 15.5 Å². The van der Waals surface area contributed by atoms with Gasteiger partial charge in [-0.25, -0.2) is 4.98 Å². The van der Waals surface area contributed by atoms with E-state index < -0.39 is 0 Å². The van der Waals surface area contributed by atoms with Gasteiger partial charge in [0.15, 0.2) is 5.75 Å². The number of para-hydroxylation sites is 1. The number of amides is 1. The maximum absolute atomic E-state index is 13.1. The summed E-state index contributed by atoms with van der Waals surface area (Å²) in [6, 6.07) is 14.3. The van der Waals surface area contributed by atoms with Crippen LogP contribution in [0.5, 0.6) is 11.5 Å². The molecule has 2 aromatic heterocycles. The third-order valence-corrected chi connectivity index (χ3v) is 6.06. The Hall–Kier alpha value is -3.16. The highest BCUT2D eigenvalue weighted by atomic mass is 35.5. The number of rotatable bonds is 5. The lowest BCUT2D eigenvalue weighted by atomic mass is 10.2. The number of carbonyl (C=O) groups is 1. The Morgan fingerprint density at radius 1 is 1.23 bits per heavy atom. The number of fused-ring (bicyclic) bond motifs is 1. The second-order valence-electron chi connectivity index (χ2n) is 6.58. The summed E-state index contributed by atoms with van der Waals surface area (Å²) in [5.74, 6) is 0.750. The number of carbonyl (C=O) groups excluding carboxylic acids is 1. The first-order valence-electron chi connectivity index (χ1n) is 9.30. The normalized spacial score (nSPS) is 10.9. The lowest BCUT2D eigenvalue weighted by Gasteiger charge is -2.12. The van der Waals surface area contributed by atoms with Gasteiger partial charge in [0.05, 0.1) is 22.3 Å². The van der Waals surface area contributed by atoms with Crippen LogP contribution in [0.15, 0.2) is 59.7 Å². The summed E-state index contributed by atoms with van der Waals surface area (Å²) in [5.41, 5.74) is 0.902. The van der Waals surface area contributed by atoms with Crippen LogP contribution in [0.3, 0.4) is 0 Å². The van der Waals surface area contributed by atoms with E-state index in [1.54, 1.807) is 25.1 Å². The van der Waals surface area contributed by atoms with Crippen molar-refractivity contribution >= 4 is 44.7 Å². The molecule has 1 amide bonds. The van der Waals surface area contributed by atoms with Gasteiger partial charge in [-0.1, -0.05) is 29.8 Å². The summed E-state index contributed by atoms with van der Waals surface area (Å²) < 4.78 is 7.42. The molecule has 0 unspecified atom stereocenters. The van der Waals surface area contributed by atoms with Crippen LogP contribution in [-0.2, 0) is 6.54 Å². The van der Waals surface area contributed by atoms with E-state index in [1.165, 1.54) is 22.2 Å². The van der Waals surface area contributed by atoms with E-state index >= 15 is 0 Å². The topological polar surface area (TPSA) is 73.2 Å². The fourth-order valence-corrected chi connectivity index (χ4v) is 4.29. The zero-order chi connectivity index (χ0) is 21.3. The first-order chi connectivity index (χ1) is 14.5. The molecular formula is C22H18ClN3O3S. The largest absolute Gasteiger partial charge is 0.455 e. The Morgan fingerprint density at radius 2 is 2.00 bits per heavy atom. The number of hydrogen-bond acceptors (Lipinski definition) is 5. The van der Waals surface area contributed by atoms with Crippen molar-refractivity contribution in [2.45, 2.75) is 20.4 Å². The summed E-state index contributed by atoms with van der Waals surface area (Å²) in [7, 11) is 0. The van der Waals surface area contributed by atoms with Crippen molar-refractivity contribution < 1.29 is 9.53 Å². The molecule has 0 atom stereocenters. The molecule has 30 heavy (non-hydrogen) atoms. The van der Waals surface area contributed by atoms with Gasteiger partial charge in [-0.3, -0.25) is 14.2 Å². The highest BCUT2D eigenvalue weighted by molar-refractivity contribution is 7.20. The first-order valence-corrected chi connectivity index (χ1v) is 10.5. The second kappa shape index (κ2) is 8.30. The maximum Gasteiger partial charge on any atom is 0.266 e. The number of thiophene rings is 1. The molecular weight excluding hydrogens is 422 g/mol. The summed E-state index contributed by atoms with van der Waals surface area (Å²) in [6.07, 6.45) is 1.51. The molecule has 2 aromatic carbocycles. The number of halogens is 1. The summed E-state index contributed by atoms with van der Waals surface area (Å²) in [5, 5.41) is 3.80. The predicted octanol–water partition coefficient (Wildman–Crippen LogP) is 5.48. The number of nitrogens with zero attached hydrogens (tertiary/aromatic N) is 2. The third kappa shape index (κ3) is 3.81. The molecule has 0 saturated carbocycles. The van der Waals surface area contributed by atoms with E-state index in [2.05, 4.69) is 10.3 Å². The molecule has 8 heteroatoms. The first kappa shape index (κ1) is 20.1. The van der Waals surface area contributed by atoms with Gasteiger partial charge >= 0.3 is 0 Å². The van der Waals surface area contributed by atoms with E-state index in [9.17, 15) is 9.59 Å². The number of hydrogen-bond donors (Lipinski definition) is 1. The smallest absolute Gasteiger partial charge is 0.266 e. The van der Waals surface area contributed by atoms with Gasteiger partial charge in [0.1, 0.15) is 10.6 Å². The minimum absolute atomic E-state index is 0.147. The van der Waals surface area contributed by atoms with Gasteiger partial charge in [0.25, 0.3) is 11.5 Å². The van der Waals surface area contributed by atoms with Crippen LogP contribution in [0.2, 0.25) is 5.02 Å². The van der Waals surface area contributed by atoms with Crippen LogP contribution in [0, 0.1) is 6.92 Å². The molecule has 0 radical (unpaired) electrons. The van der Waals surface area contributed by atoms with E-state index in [0.29, 0.717) is 49.4 Å². The molecule has 4 rings (SSSR count). The van der Waals surface area contributed by atoms with Gasteiger partial charge in [-0.15, -0.1) is 11.3 Å². The van der Waals surface area contributed by atoms with Crippen LogP contribution in [0.4, 0.5) is 5.69 Å². The van der Waals surface area contributed by atoms with Crippen molar-refractivity contribution in [3.05, 3.63) is 80.7 Å². The Morgan fingerprint density at radius 3 is 2.73 bits per heavy atom. The van der Waals surface area contributed by atoms with Crippen molar-refractivity contribution in [1.82, 2.24) is 9.55 Å². The van der Waals surface area contributed by atoms with Gasteiger partial charge in [-0.05, 0) is 49.7 Å². The van der Waals surface area contributed by atoms with Crippen molar-refractivity contribution in [2.24, 2.45) is 0 Å². The molecule has 0 spiro atoms. The van der Waals surface area contributed by atoms with Crippen LogP contribution >= 0.6 is 22.9 Å². The third-order valence-electron chi connectivity index (χ3n) is 4.63. The zero-order valence-corrected chi connectivity index (χ0v) is 17.9. The predicted molar refractivity (Wildman–Crippen MR) is 120 cm³/mol. The van der Waals surface area contributed by atoms with Crippen molar-refractivity contribution in [3.8, 4) is 11.5 Å². The standard InChI is InChI=1S/C22H18ClN3O3S/c1-3-26-12-24-21-18(22(26)28)13(2)19(30-21)20(27)25-16-11-14(23)9-10-17(16)29-15-7-5-4-6-8-15/h4-12H,3H2,1-2H3,(H,25,27). The zero-order valence-electron chi connectivity index (χ0n) is 16.3. The summed E-state index contributed by atoms with van der Waals surface area (Å²) >= 11 is 7.33. The van der Waals surface area contributed by atoms with Gasteiger partial charge < -0.3 is 10.1 Å². The molecule has 152 valence electrons. The van der Waals surface area contributed by atoms with Crippen molar-refractivity contribution in [2.75, 3.05) is 5.32 Å². The number of benzene rings is 2. The minimum Gasteiger partial charge on any atom is -0.455 e. The molecule has 6 nitrogen and oxygen atoms in total. The average molecular weight is 440 g/mol. The Labute approximate surface area is 181 Å². The number of ether oxygens (including phenoxy) is 1. The molecule has 2 heterocycles. The SMILES string of the molecule is CCn1cnc2sc(C(=O)Nc3cc(Cl)ccc3Oc3ccccc3)c(C)c2c1=O. The van der Waals surface area contributed by atoms with Crippen LogP contribution in [0.25, 0.3) is 10.2 Å². The number of aryl methyl sites for hydroxylation is 2. The van der Waals surface area contributed by atoms with E-state index in [-0.39, 0.29) is 11.5 Å². The molecule has 0 bridgehead atoms. The maximum atomic E-state index is 13.1. The van der Waals surface area contributed by atoms with Gasteiger partial charge in [-0.2, -0.15) is 0 Å². The summed E-state index contributed by atoms with van der Waals surface area (Å²) in [6.45, 7) is 4.15. The quantitative estimate of drug-likeness (QED) is 0.446. The highest BCUT2D eigenvalue weighted by Crippen LogP contribution is 2.34. The monoisotopic (exact) mass is 439 g/mol. The number of anilines is 1. The molecule has 1 N–H and O–H groups in total. The van der Waals surface area contributed by atoms with Crippen molar-refractivity contribution in [1.29, 1.82) is 0 Å². The molecule has 0 aliphatic rings. The fourth-order valence-electron chi connectivity index (χ4n) is 3.08. The lowest BCUT2D eigenvalue weighted by molar-refractivity contribution is 0.103. The molecule has 0 aliphatic heterocycles. The van der Waals surface area contributed by atoms with Gasteiger partial charge in [0.2, 0.25) is 0 Å². The lowest BCUT2D eigenvalue weighted by Crippen LogP contribution is -2.19. The number of nitrogens with one attached hydrogen (secondary N) is 1. The summed E-state index contributed by atoms with van der Waals surface area (Å²) in [4.78, 5) is 31.0. The fraction of sp³-hybridized carbons (Fsp3) is 0.136. The van der Waals surface area contributed by atoms with Crippen LogP contribution in [0.1, 0.15) is 22.2 Å². The van der Waals surface area contributed by atoms with E-state index in [1.807, 2.05) is 37.3 Å². The van der Waals surface area contributed by atoms with E-state index in [0.717, 1.165) is 0 Å². The molecule has 0 fully saturated rings. The number of aromatic nitrogens is 2. The molecule has 4 aromatic rings. The minimum atomic E-state index is -0.349. The Kier molecular flexibility index (Phi) is 5.57.